The molecule has 4 nitrogen and oxygen atoms in total. The zero-order chi connectivity index (χ0) is 19.3. The van der Waals surface area contributed by atoms with Crippen LogP contribution in [0, 0.1) is 5.92 Å². The molecule has 0 saturated heterocycles. The fraction of sp³-hybridized carbons (Fsp3) is 0.318. The number of benzene rings is 2. The Bertz CT molecular complexity index is 1020. The molecular formula is C22H26N2O2S. The zero-order valence-electron chi connectivity index (χ0n) is 15.9. The number of H-pyrrole nitrogens is 1. The lowest BCUT2D eigenvalue weighted by Gasteiger charge is -2.09. The smallest absolute Gasteiger partial charge is 0.178 e. The van der Waals surface area contributed by atoms with E-state index < -0.39 is 9.84 Å². The van der Waals surface area contributed by atoms with Gasteiger partial charge in [-0.25, -0.2) is 8.42 Å². The lowest BCUT2D eigenvalue weighted by Crippen LogP contribution is -2.09. The first-order chi connectivity index (χ1) is 13.0. The maximum atomic E-state index is 12.5. The molecule has 0 radical (unpaired) electrons. The molecule has 0 fully saturated rings. The van der Waals surface area contributed by atoms with Gasteiger partial charge in [-0.2, -0.15) is 0 Å². The molecule has 1 atom stereocenters. The molecule has 0 aliphatic rings. The molecule has 0 aliphatic carbocycles. The van der Waals surface area contributed by atoms with Crippen molar-refractivity contribution in [2.75, 3.05) is 12.8 Å². The van der Waals surface area contributed by atoms with Gasteiger partial charge in [-0.3, -0.25) is 0 Å². The van der Waals surface area contributed by atoms with Crippen LogP contribution in [-0.2, 0) is 22.7 Å². The van der Waals surface area contributed by atoms with Crippen LogP contribution in [-0.4, -0.2) is 32.4 Å². The number of hydrogen-bond acceptors (Lipinski definition) is 3. The molecular weight excluding hydrogens is 356 g/mol. The topological polar surface area (TPSA) is 62.3 Å². The van der Waals surface area contributed by atoms with Gasteiger partial charge in [0.2, 0.25) is 0 Å². The van der Waals surface area contributed by atoms with Gasteiger partial charge >= 0.3 is 0 Å². The minimum Gasteiger partial charge on any atom is -0.361 e. The highest BCUT2D eigenvalue weighted by atomic mass is 32.2. The van der Waals surface area contributed by atoms with Gasteiger partial charge in [0.15, 0.2) is 9.84 Å². The van der Waals surface area contributed by atoms with Gasteiger partial charge in [-0.05, 0) is 60.6 Å². The molecule has 0 unspecified atom stereocenters. The summed E-state index contributed by atoms with van der Waals surface area (Å²) in [5.74, 6) is 0.527. The van der Waals surface area contributed by atoms with E-state index in [1.165, 1.54) is 10.9 Å². The van der Waals surface area contributed by atoms with Crippen LogP contribution >= 0.6 is 0 Å². The molecule has 0 bridgehead atoms. The van der Waals surface area contributed by atoms with Gasteiger partial charge in [-0.1, -0.05) is 31.2 Å². The van der Waals surface area contributed by atoms with Gasteiger partial charge in [0, 0.05) is 30.4 Å². The molecule has 1 heterocycles. The van der Waals surface area contributed by atoms with Gasteiger partial charge < -0.3 is 9.98 Å². The summed E-state index contributed by atoms with van der Waals surface area (Å²) in [6, 6.07) is 14.8. The molecule has 3 aromatic rings. The van der Waals surface area contributed by atoms with Crippen molar-refractivity contribution in [3.05, 3.63) is 65.9 Å². The van der Waals surface area contributed by atoms with Crippen molar-refractivity contribution in [3.63, 3.8) is 0 Å². The Labute approximate surface area is 161 Å². The monoisotopic (exact) mass is 382 g/mol. The van der Waals surface area contributed by atoms with E-state index in [0.717, 1.165) is 23.9 Å². The van der Waals surface area contributed by atoms with Gasteiger partial charge in [0.1, 0.15) is 0 Å². The molecule has 1 N–H and O–H groups in total. The summed E-state index contributed by atoms with van der Waals surface area (Å²) in [5, 5.41) is 1.17. The van der Waals surface area contributed by atoms with Gasteiger partial charge in [-0.15, -0.1) is 0 Å². The number of aryl methyl sites for hydroxylation is 1. The molecule has 0 aliphatic heterocycles. The first-order valence-corrected chi connectivity index (χ1v) is 11.0. The Morgan fingerprint density at radius 2 is 1.93 bits per heavy atom. The zero-order valence-corrected chi connectivity index (χ0v) is 16.7. The highest BCUT2D eigenvalue weighted by Crippen LogP contribution is 2.24. The highest BCUT2D eigenvalue weighted by molar-refractivity contribution is 7.91. The number of rotatable bonds is 8. The van der Waals surface area contributed by atoms with Crippen molar-refractivity contribution in [1.82, 2.24) is 4.98 Å². The largest absolute Gasteiger partial charge is 0.361 e. The van der Waals surface area contributed by atoms with Gasteiger partial charge in [0.25, 0.3) is 0 Å². The molecule has 3 rings (SSSR count). The Morgan fingerprint density at radius 1 is 1.15 bits per heavy atom. The number of aromatic nitrogens is 1. The van der Waals surface area contributed by atoms with E-state index in [4.69, 9.17) is 0 Å². The summed E-state index contributed by atoms with van der Waals surface area (Å²) in [5.41, 5.74) is 3.38. The number of fused-ring (bicyclic) bond motifs is 1. The quantitative estimate of drug-likeness (QED) is 0.585. The van der Waals surface area contributed by atoms with Crippen LogP contribution < -0.4 is 0 Å². The molecule has 2 aromatic carbocycles. The number of sulfone groups is 1. The van der Waals surface area contributed by atoms with Crippen LogP contribution in [0.1, 0.15) is 24.5 Å². The van der Waals surface area contributed by atoms with E-state index in [1.807, 2.05) is 31.5 Å². The van der Waals surface area contributed by atoms with E-state index >= 15 is 0 Å². The molecule has 27 heavy (non-hydrogen) atoms. The van der Waals surface area contributed by atoms with Crippen LogP contribution in [0.15, 0.2) is 64.6 Å². The van der Waals surface area contributed by atoms with E-state index in [9.17, 15) is 8.42 Å². The van der Waals surface area contributed by atoms with E-state index in [-0.39, 0.29) is 5.75 Å². The first-order valence-electron chi connectivity index (χ1n) is 9.32. The van der Waals surface area contributed by atoms with Crippen molar-refractivity contribution in [2.45, 2.75) is 31.1 Å². The maximum Gasteiger partial charge on any atom is 0.178 e. The Kier molecular flexibility index (Phi) is 6.11. The fourth-order valence-electron chi connectivity index (χ4n) is 3.34. The average molecular weight is 383 g/mol. The normalized spacial score (nSPS) is 13.4. The van der Waals surface area contributed by atoms with Crippen molar-refractivity contribution in [2.24, 2.45) is 10.9 Å². The summed E-state index contributed by atoms with van der Waals surface area (Å²) >= 11 is 0. The minimum absolute atomic E-state index is 0.113. The predicted octanol–water partition coefficient (Wildman–Crippen LogP) is 4.45. The molecule has 1 aromatic heterocycles. The Hall–Kier alpha value is -2.40. The summed E-state index contributed by atoms with van der Waals surface area (Å²) in [4.78, 5) is 7.88. The third-order valence-corrected chi connectivity index (χ3v) is 6.69. The summed E-state index contributed by atoms with van der Waals surface area (Å²) in [7, 11) is -1.46. The molecule has 0 saturated carbocycles. The second-order valence-corrected chi connectivity index (χ2v) is 8.96. The van der Waals surface area contributed by atoms with Crippen LogP contribution in [0.5, 0.6) is 0 Å². The third-order valence-electron chi connectivity index (χ3n) is 4.96. The molecule has 142 valence electrons. The molecule has 0 amide bonds. The number of hydrogen-bond donors (Lipinski definition) is 1. The van der Waals surface area contributed by atoms with Crippen LogP contribution in [0.2, 0.25) is 0 Å². The highest BCUT2D eigenvalue weighted by Gasteiger charge is 2.15. The number of aromatic amines is 1. The first kappa shape index (κ1) is 19.4. The number of nitrogens with one attached hydrogen (secondary N) is 1. The molecule has 0 spiro atoms. The van der Waals surface area contributed by atoms with Gasteiger partial charge in [0.05, 0.1) is 10.6 Å². The number of aliphatic imine (C=N–C) groups is 1. The van der Waals surface area contributed by atoms with Crippen molar-refractivity contribution >= 4 is 27.0 Å². The van der Waals surface area contributed by atoms with E-state index in [1.54, 1.807) is 24.3 Å². The standard InChI is InChI=1S/C22H26N2O2S/c1-3-17(15-23-2)13-19-16-24-22-10-9-18(14-21(19)22)11-12-27(25,26)20-7-5-4-6-8-20/h4-10,14-17,24H,3,11-13H2,1-2H3/t17-/m1/s1. The minimum atomic E-state index is -3.26. The summed E-state index contributed by atoms with van der Waals surface area (Å²) < 4.78 is 25.0. The second-order valence-electron chi connectivity index (χ2n) is 6.86. The summed E-state index contributed by atoms with van der Waals surface area (Å²) in [6.45, 7) is 2.17. The van der Waals surface area contributed by atoms with Crippen molar-refractivity contribution in [1.29, 1.82) is 0 Å². The van der Waals surface area contributed by atoms with Crippen molar-refractivity contribution in [3.8, 4) is 0 Å². The maximum absolute atomic E-state index is 12.5. The Morgan fingerprint density at radius 3 is 2.63 bits per heavy atom. The lowest BCUT2D eigenvalue weighted by atomic mass is 9.97. The average Bonchev–Trinajstić information content (AvgIpc) is 3.09. The van der Waals surface area contributed by atoms with E-state index in [0.29, 0.717) is 17.2 Å². The third kappa shape index (κ3) is 4.66. The van der Waals surface area contributed by atoms with E-state index in [2.05, 4.69) is 29.2 Å². The summed E-state index contributed by atoms with van der Waals surface area (Å²) in [6.07, 6.45) is 6.54. The SMILES string of the molecule is CC[C@@H](C=NC)Cc1c[nH]c2ccc(CCS(=O)(=O)c3ccccc3)cc12. The predicted molar refractivity (Wildman–Crippen MR) is 112 cm³/mol. The molecule has 5 heteroatoms. The second kappa shape index (κ2) is 8.53. The number of nitrogens with zero attached hydrogens (tertiary/aromatic N) is 1. The lowest BCUT2D eigenvalue weighted by molar-refractivity contribution is 0.595. The fourth-order valence-corrected chi connectivity index (χ4v) is 4.66. The Balaban J connectivity index is 1.79. The van der Waals surface area contributed by atoms with Crippen LogP contribution in [0.25, 0.3) is 10.9 Å². The van der Waals surface area contributed by atoms with Crippen molar-refractivity contribution < 1.29 is 8.42 Å². The van der Waals surface area contributed by atoms with Crippen LogP contribution in [0.4, 0.5) is 0 Å². The van der Waals surface area contributed by atoms with Crippen LogP contribution in [0.3, 0.4) is 0 Å².